The summed E-state index contributed by atoms with van der Waals surface area (Å²) in [6, 6.07) is 6.40. The van der Waals surface area contributed by atoms with Gasteiger partial charge in [0.1, 0.15) is 0 Å². The molecule has 1 aliphatic rings. The fourth-order valence-electron chi connectivity index (χ4n) is 2.09. The molecule has 0 radical (unpaired) electrons. The lowest BCUT2D eigenvalue weighted by molar-refractivity contribution is -0.110. The van der Waals surface area contributed by atoms with Crippen molar-refractivity contribution in [2.75, 3.05) is 11.9 Å². The van der Waals surface area contributed by atoms with E-state index in [1.165, 1.54) is 16.9 Å². The van der Waals surface area contributed by atoms with E-state index >= 15 is 0 Å². The summed E-state index contributed by atoms with van der Waals surface area (Å²) in [5.41, 5.74) is 2.19. The number of amides is 1. The van der Waals surface area contributed by atoms with Crippen molar-refractivity contribution >= 4 is 38.4 Å². The predicted molar refractivity (Wildman–Crippen MR) is 82.5 cm³/mol. The molecule has 0 saturated heterocycles. The number of carbonyl (C=O) groups excluding carboxylic acids is 1. The lowest BCUT2D eigenvalue weighted by atomic mass is 10.2. The van der Waals surface area contributed by atoms with Crippen molar-refractivity contribution in [3.63, 3.8) is 0 Å². The van der Waals surface area contributed by atoms with Gasteiger partial charge in [-0.15, -0.1) is 0 Å². The van der Waals surface area contributed by atoms with Crippen molar-refractivity contribution in [1.82, 2.24) is 10.3 Å². The Bertz CT molecular complexity index is 692. The van der Waals surface area contributed by atoms with Gasteiger partial charge in [-0.3, -0.25) is 15.1 Å². The number of nitrogens with one attached hydrogen (secondary N) is 2. The molecule has 1 aliphatic heterocycles. The Balaban J connectivity index is 1.79. The number of benzene rings is 1. The molecule has 0 fully saturated rings. The van der Waals surface area contributed by atoms with Crippen LogP contribution >= 0.6 is 11.3 Å². The lowest BCUT2D eigenvalue weighted by Gasteiger charge is -2.04. The Hall–Kier alpha value is -1.95. The highest BCUT2D eigenvalue weighted by Gasteiger charge is 2.20. The van der Waals surface area contributed by atoms with Crippen LogP contribution in [-0.2, 0) is 11.2 Å². The maximum absolute atomic E-state index is 12.0. The van der Waals surface area contributed by atoms with Crippen LogP contribution in [0, 0.1) is 0 Å². The first kappa shape index (κ1) is 13.1. The number of nitrogens with zero attached hydrogens (tertiary/aromatic N) is 2. The van der Waals surface area contributed by atoms with Crippen LogP contribution in [0.3, 0.4) is 0 Å². The molecule has 1 atom stereocenters. The second kappa shape index (κ2) is 5.20. The van der Waals surface area contributed by atoms with Crippen molar-refractivity contribution in [3.05, 3.63) is 23.8 Å². The van der Waals surface area contributed by atoms with E-state index in [-0.39, 0.29) is 11.9 Å². The molecule has 1 amide bonds. The molecule has 2 N–H and O–H groups in total. The van der Waals surface area contributed by atoms with Crippen LogP contribution in [0.4, 0.5) is 5.13 Å². The molecular formula is C14H16N4OS. The highest BCUT2D eigenvalue weighted by molar-refractivity contribution is 7.22. The quantitative estimate of drug-likeness (QED) is 0.910. The van der Waals surface area contributed by atoms with Gasteiger partial charge in [-0.25, -0.2) is 4.98 Å². The summed E-state index contributed by atoms with van der Waals surface area (Å²) < 4.78 is 1.09. The zero-order valence-corrected chi connectivity index (χ0v) is 12.3. The number of hydrogen-bond acceptors (Lipinski definition) is 5. The van der Waals surface area contributed by atoms with Crippen molar-refractivity contribution in [2.45, 2.75) is 26.3 Å². The first-order valence-corrected chi connectivity index (χ1v) is 7.49. The standard InChI is InChI=1S/C14H16N4OS/c1-3-9-4-5-10-11(6-9)20-14(17-10)18-13(19)12-15-7-8(2)16-12/h4-6,8H,3,7H2,1-2H3,(H,15,16)(H,17,18,19). The van der Waals surface area contributed by atoms with E-state index in [0.717, 1.165) is 16.6 Å². The molecular weight excluding hydrogens is 272 g/mol. The number of amidine groups is 1. The number of aliphatic imine (C=N–C) groups is 1. The highest BCUT2D eigenvalue weighted by atomic mass is 32.1. The van der Waals surface area contributed by atoms with Crippen LogP contribution in [0.25, 0.3) is 10.2 Å². The average molecular weight is 288 g/mol. The normalized spacial score (nSPS) is 17.9. The molecule has 6 heteroatoms. The van der Waals surface area contributed by atoms with Gasteiger partial charge in [0.05, 0.1) is 16.8 Å². The minimum Gasteiger partial charge on any atom is -0.361 e. The molecule has 0 aliphatic carbocycles. The maximum atomic E-state index is 12.0. The van der Waals surface area contributed by atoms with Crippen molar-refractivity contribution in [2.24, 2.45) is 4.99 Å². The fourth-order valence-corrected chi connectivity index (χ4v) is 3.01. The van der Waals surface area contributed by atoms with Crippen molar-refractivity contribution in [1.29, 1.82) is 0 Å². The van der Waals surface area contributed by atoms with Gasteiger partial charge in [0.25, 0.3) is 5.91 Å². The molecule has 2 heterocycles. The summed E-state index contributed by atoms with van der Waals surface area (Å²) in [7, 11) is 0. The molecule has 104 valence electrons. The SMILES string of the molecule is CCc1ccc2nc(NC(=O)C3=NCC(C)N3)sc2c1. The first-order valence-electron chi connectivity index (χ1n) is 6.67. The fraction of sp³-hybridized carbons (Fsp3) is 0.357. The zero-order valence-electron chi connectivity index (χ0n) is 11.4. The molecule has 3 rings (SSSR count). The Labute approximate surface area is 121 Å². The summed E-state index contributed by atoms with van der Waals surface area (Å²) in [4.78, 5) is 20.6. The summed E-state index contributed by atoms with van der Waals surface area (Å²) in [6.07, 6.45) is 0.994. The monoisotopic (exact) mass is 288 g/mol. The van der Waals surface area contributed by atoms with E-state index in [1.54, 1.807) is 0 Å². The summed E-state index contributed by atoms with van der Waals surface area (Å²) in [6.45, 7) is 4.76. The van der Waals surface area contributed by atoms with E-state index < -0.39 is 0 Å². The molecule has 20 heavy (non-hydrogen) atoms. The smallest absolute Gasteiger partial charge is 0.292 e. The number of fused-ring (bicyclic) bond motifs is 1. The van der Waals surface area contributed by atoms with Gasteiger partial charge in [0.2, 0.25) is 0 Å². The van der Waals surface area contributed by atoms with E-state index in [0.29, 0.717) is 17.5 Å². The van der Waals surface area contributed by atoms with E-state index in [2.05, 4.69) is 39.7 Å². The third-order valence-electron chi connectivity index (χ3n) is 3.20. The van der Waals surface area contributed by atoms with Gasteiger partial charge < -0.3 is 5.32 Å². The van der Waals surface area contributed by atoms with Crippen LogP contribution in [0.15, 0.2) is 23.2 Å². The third kappa shape index (κ3) is 2.51. The van der Waals surface area contributed by atoms with Gasteiger partial charge in [-0.05, 0) is 31.0 Å². The maximum Gasteiger partial charge on any atom is 0.292 e. The number of aromatic nitrogens is 1. The molecule has 1 aromatic carbocycles. The van der Waals surface area contributed by atoms with Crippen molar-refractivity contribution < 1.29 is 4.79 Å². The van der Waals surface area contributed by atoms with Crippen LogP contribution < -0.4 is 10.6 Å². The predicted octanol–water partition coefficient (Wildman–Crippen LogP) is 2.19. The molecule has 5 nitrogen and oxygen atoms in total. The lowest BCUT2D eigenvalue weighted by Crippen LogP contribution is -2.36. The topological polar surface area (TPSA) is 66.4 Å². The number of rotatable bonds is 3. The van der Waals surface area contributed by atoms with Gasteiger partial charge >= 0.3 is 0 Å². The van der Waals surface area contributed by atoms with Crippen LogP contribution in [0.5, 0.6) is 0 Å². The average Bonchev–Trinajstić information content (AvgIpc) is 3.03. The van der Waals surface area contributed by atoms with Gasteiger partial charge in [-0.1, -0.05) is 24.3 Å². The van der Waals surface area contributed by atoms with Crippen LogP contribution in [-0.4, -0.2) is 29.3 Å². The summed E-state index contributed by atoms with van der Waals surface area (Å²) in [5, 5.41) is 6.46. The van der Waals surface area contributed by atoms with Crippen LogP contribution in [0.2, 0.25) is 0 Å². The second-order valence-electron chi connectivity index (χ2n) is 4.86. The van der Waals surface area contributed by atoms with Crippen LogP contribution in [0.1, 0.15) is 19.4 Å². The Morgan fingerprint density at radius 3 is 3.10 bits per heavy atom. The molecule has 2 aromatic rings. The minimum absolute atomic E-state index is 0.218. The van der Waals surface area contributed by atoms with E-state index in [1.807, 2.05) is 13.0 Å². The number of hydrogen-bond donors (Lipinski definition) is 2. The second-order valence-corrected chi connectivity index (χ2v) is 5.89. The Kier molecular flexibility index (Phi) is 3.40. The van der Waals surface area contributed by atoms with Gasteiger partial charge in [0.15, 0.2) is 11.0 Å². The number of thiazole rings is 1. The molecule has 0 bridgehead atoms. The Morgan fingerprint density at radius 2 is 2.40 bits per heavy atom. The molecule has 0 spiro atoms. The van der Waals surface area contributed by atoms with Gasteiger partial charge in [-0.2, -0.15) is 0 Å². The first-order chi connectivity index (χ1) is 9.65. The van der Waals surface area contributed by atoms with E-state index in [9.17, 15) is 4.79 Å². The number of anilines is 1. The molecule has 1 aromatic heterocycles. The zero-order chi connectivity index (χ0) is 14.1. The third-order valence-corrected chi connectivity index (χ3v) is 4.14. The minimum atomic E-state index is -0.218. The van der Waals surface area contributed by atoms with Gasteiger partial charge in [0, 0.05) is 6.04 Å². The summed E-state index contributed by atoms with van der Waals surface area (Å²) >= 11 is 1.49. The Morgan fingerprint density at radius 1 is 1.55 bits per heavy atom. The number of aryl methyl sites for hydroxylation is 1. The number of carbonyl (C=O) groups is 1. The highest BCUT2D eigenvalue weighted by Crippen LogP contribution is 2.27. The van der Waals surface area contributed by atoms with E-state index in [4.69, 9.17) is 0 Å². The van der Waals surface area contributed by atoms with Crippen molar-refractivity contribution in [3.8, 4) is 0 Å². The molecule has 0 saturated carbocycles. The molecule has 1 unspecified atom stereocenters. The summed E-state index contributed by atoms with van der Waals surface area (Å²) in [5.74, 6) is 0.176. The largest absolute Gasteiger partial charge is 0.361 e.